The molecule has 1 heterocycles. The largest absolute Gasteiger partial charge is 0.378 e. The number of rotatable bonds is 7. The van der Waals surface area contributed by atoms with Crippen LogP contribution in [0.3, 0.4) is 0 Å². The van der Waals surface area contributed by atoms with E-state index in [9.17, 15) is 19.7 Å². The fourth-order valence-electron chi connectivity index (χ4n) is 3.43. The van der Waals surface area contributed by atoms with Crippen molar-refractivity contribution in [3.8, 4) is 0 Å². The Labute approximate surface area is 186 Å². The van der Waals surface area contributed by atoms with Crippen LogP contribution in [0.4, 0.5) is 22.7 Å². The Morgan fingerprint density at radius 2 is 1.84 bits per heavy atom. The summed E-state index contributed by atoms with van der Waals surface area (Å²) in [5.41, 5.74) is 1.74. The standard InChI is InChI=1S/C20H23BClN5O4/c1-24(2)15-5-3-14(4-6-15)20(29)23-17-12-18(16(22)11-19(17)27(30)31)25-7-9-26(10-8-25)21-13-28/h3-6,11-13,21H,7-10H2,1-2H3,(H,23,29). The van der Waals surface area contributed by atoms with E-state index in [0.29, 0.717) is 44.8 Å². The molecular weight excluding hydrogens is 421 g/mol. The predicted octanol–water partition coefficient (Wildman–Crippen LogP) is 2.23. The van der Waals surface area contributed by atoms with E-state index >= 15 is 0 Å². The molecule has 0 atom stereocenters. The summed E-state index contributed by atoms with van der Waals surface area (Å²) >= 11 is 6.34. The van der Waals surface area contributed by atoms with Gasteiger partial charge in [-0.05, 0) is 30.3 Å². The molecule has 1 fully saturated rings. The summed E-state index contributed by atoms with van der Waals surface area (Å²) in [6.45, 7) is 2.58. The first-order valence-electron chi connectivity index (χ1n) is 9.77. The minimum atomic E-state index is -0.567. The zero-order chi connectivity index (χ0) is 22.5. The quantitative estimate of drug-likeness (QED) is 0.303. The molecule has 0 spiro atoms. The first-order valence-corrected chi connectivity index (χ1v) is 10.2. The molecule has 0 radical (unpaired) electrons. The second kappa shape index (κ2) is 9.80. The Hall–Kier alpha value is -3.11. The Bertz CT molecular complexity index is 978. The van der Waals surface area contributed by atoms with Crippen molar-refractivity contribution in [3.05, 3.63) is 57.1 Å². The maximum absolute atomic E-state index is 12.7. The van der Waals surface area contributed by atoms with Crippen molar-refractivity contribution in [2.75, 3.05) is 55.4 Å². The molecule has 0 unspecified atom stereocenters. The molecule has 0 aliphatic carbocycles. The van der Waals surface area contributed by atoms with Crippen molar-refractivity contribution in [1.29, 1.82) is 0 Å². The van der Waals surface area contributed by atoms with Crippen molar-refractivity contribution in [3.63, 3.8) is 0 Å². The van der Waals surface area contributed by atoms with Gasteiger partial charge < -0.3 is 24.7 Å². The SMILES string of the molecule is CN(C)c1ccc(C(=O)Nc2cc(N3CCN(BC=O)CC3)c(Cl)cc2[N+](=O)[O-])cc1. The van der Waals surface area contributed by atoms with Crippen LogP contribution < -0.4 is 15.1 Å². The number of nitrogens with one attached hydrogen (secondary N) is 1. The van der Waals surface area contributed by atoms with Gasteiger partial charge in [0.05, 0.1) is 21.8 Å². The fourth-order valence-corrected chi connectivity index (χ4v) is 3.70. The highest BCUT2D eigenvalue weighted by Gasteiger charge is 2.24. The molecule has 1 aliphatic heterocycles. The second-order valence-electron chi connectivity index (χ2n) is 7.43. The molecule has 2 aromatic carbocycles. The summed E-state index contributed by atoms with van der Waals surface area (Å²) in [6, 6.07) is 9.74. The number of carbonyl (C=O) groups excluding carboxylic acids is 2. The molecule has 0 aromatic heterocycles. The lowest BCUT2D eigenvalue weighted by molar-refractivity contribution is -0.383. The number of nitro benzene ring substituents is 1. The summed E-state index contributed by atoms with van der Waals surface area (Å²) in [4.78, 5) is 40.3. The van der Waals surface area contributed by atoms with Crippen LogP contribution in [0.2, 0.25) is 5.02 Å². The zero-order valence-electron chi connectivity index (χ0n) is 17.4. The number of nitro groups is 1. The third-order valence-electron chi connectivity index (χ3n) is 5.20. The molecule has 3 rings (SSSR count). The van der Waals surface area contributed by atoms with Crippen molar-refractivity contribution in [1.82, 2.24) is 4.81 Å². The Morgan fingerprint density at radius 1 is 1.19 bits per heavy atom. The average Bonchev–Trinajstić information content (AvgIpc) is 2.75. The molecule has 1 saturated heterocycles. The predicted molar refractivity (Wildman–Crippen MR) is 125 cm³/mol. The lowest BCUT2D eigenvalue weighted by atomic mass is 9.93. The van der Waals surface area contributed by atoms with Crippen LogP contribution in [-0.4, -0.2) is 69.5 Å². The summed E-state index contributed by atoms with van der Waals surface area (Å²) in [6.07, 6.45) is 0.868. The van der Waals surface area contributed by atoms with Crippen LogP contribution in [0.1, 0.15) is 10.4 Å². The molecule has 9 nitrogen and oxygen atoms in total. The number of piperazine rings is 1. The normalized spacial score (nSPS) is 14.1. The fraction of sp³-hybridized carbons (Fsp3) is 0.300. The molecule has 1 N–H and O–H groups in total. The van der Waals surface area contributed by atoms with Gasteiger partial charge in [-0.3, -0.25) is 14.9 Å². The Kier molecular flexibility index (Phi) is 7.14. The van der Waals surface area contributed by atoms with E-state index < -0.39 is 10.8 Å². The van der Waals surface area contributed by atoms with Gasteiger partial charge in [-0.1, -0.05) is 11.6 Å². The Morgan fingerprint density at radius 3 is 2.39 bits per heavy atom. The van der Waals surface area contributed by atoms with E-state index in [1.807, 2.05) is 28.7 Å². The van der Waals surface area contributed by atoms with Crippen molar-refractivity contribution < 1.29 is 14.5 Å². The number of anilines is 3. The Balaban J connectivity index is 1.84. The highest BCUT2D eigenvalue weighted by atomic mass is 35.5. The molecule has 1 aliphatic rings. The first-order chi connectivity index (χ1) is 14.8. The average molecular weight is 444 g/mol. The van der Waals surface area contributed by atoms with Gasteiger partial charge in [-0.25, -0.2) is 0 Å². The molecule has 31 heavy (non-hydrogen) atoms. The van der Waals surface area contributed by atoms with Gasteiger partial charge in [0, 0.05) is 57.6 Å². The molecular formula is C20H23BClN5O4. The van der Waals surface area contributed by atoms with Gasteiger partial charge in [0.2, 0.25) is 0 Å². The van der Waals surface area contributed by atoms with Crippen LogP contribution in [0.15, 0.2) is 36.4 Å². The van der Waals surface area contributed by atoms with Gasteiger partial charge in [-0.15, -0.1) is 0 Å². The van der Waals surface area contributed by atoms with Gasteiger partial charge in [-0.2, -0.15) is 0 Å². The van der Waals surface area contributed by atoms with E-state index in [1.165, 1.54) is 6.07 Å². The second-order valence-corrected chi connectivity index (χ2v) is 7.83. The topological polar surface area (TPSA) is 99.0 Å². The molecule has 0 saturated carbocycles. The van der Waals surface area contributed by atoms with Crippen LogP contribution in [0.25, 0.3) is 0 Å². The number of hydrogen-bond donors (Lipinski definition) is 1. The molecule has 2 aromatic rings. The van der Waals surface area contributed by atoms with Crippen LogP contribution in [0.5, 0.6) is 0 Å². The van der Waals surface area contributed by atoms with Gasteiger partial charge in [0.1, 0.15) is 5.69 Å². The van der Waals surface area contributed by atoms with E-state index in [2.05, 4.69) is 5.32 Å². The summed E-state index contributed by atoms with van der Waals surface area (Å²) in [7, 11) is 4.16. The minimum Gasteiger partial charge on any atom is -0.378 e. The number of carbonyl (C=O) groups is 2. The van der Waals surface area contributed by atoms with E-state index in [1.54, 1.807) is 30.3 Å². The van der Waals surface area contributed by atoms with Crippen molar-refractivity contribution in [2.45, 2.75) is 0 Å². The third-order valence-corrected chi connectivity index (χ3v) is 5.50. The number of hydrogen-bond acceptors (Lipinski definition) is 7. The van der Waals surface area contributed by atoms with Gasteiger partial charge in [0.25, 0.3) is 19.0 Å². The van der Waals surface area contributed by atoms with Gasteiger partial charge >= 0.3 is 0 Å². The smallest absolute Gasteiger partial charge is 0.294 e. The van der Waals surface area contributed by atoms with Crippen LogP contribution in [-0.2, 0) is 4.79 Å². The van der Waals surface area contributed by atoms with Crippen LogP contribution in [0, 0.1) is 10.1 Å². The summed E-state index contributed by atoms with van der Waals surface area (Å²) in [5.74, 6) is -0.447. The monoisotopic (exact) mass is 443 g/mol. The number of benzene rings is 2. The minimum absolute atomic E-state index is 0.0846. The number of amides is 1. The van der Waals surface area contributed by atoms with E-state index in [0.717, 1.165) is 11.9 Å². The zero-order valence-corrected chi connectivity index (χ0v) is 18.1. The van der Waals surface area contributed by atoms with E-state index in [4.69, 9.17) is 11.6 Å². The van der Waals surface area contributed by atoms with Gasteiger partial charge in [0.15, 0.2) is 0 Å². The van der Waals surface area contributed by atoms with Crippen molar-refractivity contribution in [2.24, 2.45) is 0 Å². The highest BCUT2D eigenvalue weighted by Crippen LogP contribution is 2.37. The summed E-state index contributed by atoms with van der Waals surface area (Å²) in [5, 5.41) is 14.4. The molecule has 162 valence electrons. The van der Waals surface area contributed by atoms with E-state index in [-0.39, 0.29) is 16.4 Å². The lowest BCUT2D eigenvalue weighted by Gasteiger charge is -2.35. The molecule has 1 amide bonds. The molecule has 11 heteroatoms. The van der Waals surface area contributed by atoms with Crippen LogP contribution >= 0.6 is 11.6 Å². The lowest BCUT2D eigenvalue weighted by Crippen LogP contribution is -2.48. The third kappa shape index (κ3) is 5.34. The highest BCUT2D eigenvalue weighted by molar-refractivity contribution is 6.64. The molecule has 0 bridgehead atoms. The number of nitrogens with zero attached hydrogens (tertiary/aromatic N) is 4. The number of halogens is 1. The summed E-state index contributed by atoms with van der Waals surface area (Å²) < 4.78 is 0. The first kappa shape index (κ1) is 22.6. The van der Waals surface area contributed by atoms with Crippen molar-refractivity contribution >= 4 is 53.9 Å². The maximum Gasteiger partial charge on any atom is 0.294 e. The maximum atomic E-state index is 12.7.